The first-order chi connectivity index (χ1) is 11.2. The summed E-state index contributed by atoms with van der Waals surface area (Å²) in [5.41, 5.74) is 0.819. The Hall–Kier alpha value is -1.60. The lowest BCUT2D eigenvalue weighted by Crippen LogP contribution is -2.10. The Morgan fingerprint density at radius 2 is 2.04 bits per heavy atom. The molecule has 3 aromatic rings. The first-order valence-electron chi connectivity index (χ1n) is 6.78. The predicted octanol–water partition coefficient (Wildman–Crippen LogP) is 4.85. The van der Waals surface area contributed by atoms with Crippen molar-refractivity contribution in [2.24, 2.45) is 0 Å². The molecular formula is C15H13Cl2N3O2S. The summed E-state index contributed by atoms with van der Waals surface area (Å²) in [7, 11) is 1.64. The average Bonchev–Trinajstić information content (AvgIpc) is 3.00. The van der Waals surface area contributed by atoms with Crippen LogP contribution in [-0.4, -0.2) is 30.2 Å². The first-order valence-corrected chi connectivity index (χ1v) is 8.42. The second kappa shape index (κ2) is 7.31. The van der Waals surface area contributed by atoms with Crippen molar-refractivity contribution in [2.45, 2.75) is 0 Å². The number of nitrogens with one attached hydrogen (secondary N) is 1. The summed E-state index contributed by atoms with van der Waals surface area (Å²) in [6.07, 6.45) is 0. The Morgan fingerprint density at radius 1 is 1.17 bits per heavy atom. The summed E-state index contributed by atoms with van der Waals surface area (Å²) in [6.45, 7) is 1.17. The van der Waals surface area contributed by atoms with Gasteiger partial charge in [0.05, 0.1) is 22.2 Å². The molecule has 0 fully saturated rings. The summed E-state index contributed by atoms with van der Waals surface area (Å²) in [5, 5.41) is 5.96. The zero-order valence-corrected chi connectivity index (χ0v) is 14.5. The molecule has 0 radical (unpaired) electrons. The van der Waals surface area contributed by atoms with Crippen LogP contribution in [0.3, 0.4) is 0 Å². The summed E-state index contributed by atoms with van der Waals surface area (Å²) in [5.74, 6) is 1.53. The molecule has 0 saturated heterocycles. The maximum Gasteiger partial charge on any atom is 0.242 e. The minimum atomic E-state index is 0.430. The molecule has 0 spiro atoms. The highest BCUT2D eigenvalue weighted by molar-refractivity contribution is 7.17. The van der Waals surface area contributed by atoms with Gasteiger partial charge in [-0.2, -0.15) is 4.98 Å². The zero-order chi connectivity index (χ0) is 16.2. The normalized spacial score (nSPS) is 10.9. The maximum atomic E-state index is 6.02. The van der Waals surface area contributed by atoms with E-state index in [2.05, 4.69) is 15.3 Å². The molecule has 0 aliphatic rings. The summed E-state index contributed by atoms with van der Waals surface area (Å²) < 4.78 is 11.8. The van der Waals surface area contributed by atoms with Gasteiger partial charge in [-0.15, -0.1) is 11.3 Å². The van der Waals surface area contributed by atoms with Crippen LogP contribution in [0.4, 0.5) is 5.95 Å². The minimum absolute atomic E-state index is 0.430. The van der Waals surface area contributed by atoms with Gasteiger partial charge in [-0.25, -0.2) is 4.98 Å². The second-order valence-electron chi connectivity index (χ2n) is 4.58. The van der Waals surface area contributed by atoms with Gasteiger partial charge in [-0.05, 0) is 23.6 Å². The summed E-state index contributed by atoms with van der Waals surface area (Å²) in [6, 6.07) is 7.01. The molecule has 1 N–H and O–H groups in total. The van der Waals surface area contributed by atoms with Crippen molar-refractivity contribution in [3.63, 3.8) is 0 Å². The van der Waals surface area contributed by atoms with E-state index in [1.807, 2.05) is 11.4 Å². The second-order valence-corrected chi connectivity index (χ2v) is 6.32. The molecule has 2 aromatic heterocycles. The number of benzene rings is 1. The van der Waals surface area contributed by atoms with Crippen LogP contribution < -0.4 is 10.1 Å². The molecule has 0 unspecified atom stereocenters. The lowest BCUT2D eigenvalue weighted by Gasteiger charge is -2.09. The Bertz CT molecular complexity index is 826. The van der Waals surface area contributed by atoms with E-state index in [4.69, 9.17) is 32.7 Å². The van der Waals surface area contributed by atoms with Crippen molar-refractivity contribution >= 4 is 50.7 Å². The molecule has 0 aliphatic heterocycles. The number of thiophene rings is 1. The van der Waals surface area contributed by atoms with Crippen LogP contribution in [0.5, 0.6) is 11.6 Å². The fraction of sp³-hybridized carbons (Fsp3) is 0.200. The highest BCUT2D eigenvalue weighted by atomic mass is 35.5. The smallest absolute Gasteiger partial charge is 0.242 e. The molecule has 0 aliphatic carbocycles. The zero-order valence-electron chi connectivity index (χ0n) is 12.2. The van der Waals surface area contributed by atoms with E-state index in [1.54, 1.807) is 25.3 Å². The van der Waals surface area contributed by atoms with Gasteiger partial charge in [0.1, 0.15) is 10.4 Å². The van der Waals surface area contributed by atoms with Gasteiger partial charge in [0.15, 0.2) is 0 Å². The van der Waals surface area contributed by atoms with Crippen LogP contribution in [0.15, 0.2) is 29.6 Å². The fourth-order valence-electron chi connectivity index (χ4n) is 1.90. The van der Waals surface area contributed by atoms with E-state index >= 15 is 0 Å². The lowest BCUT2D eigenvalue weighted by atomic mass is 10.3. The molecule has 3 rings (SSSR count). The van der Waals surface area contributed by atoms with E-state index in [0.29, 0.717) is 40.8 Å². The van der Waals surface area contributed by atoms with E-state index < -0.39 is 0 Å². The number of fused-ring (bicyclic) bond motifs is 1. The number of hydrogen-bond donors (Lipinski definition) is 1. The van der Waals surface area contributed by atoms with Gasteiger partial charge in [-0.1, -0.05) is 23.2 Å². The molecule has 23 heavy (non-hydrogen) atoms. The van der Waals surface area contributed by atoms with Crippen LogP contribution in [-0.2, 0) is 4.74 Å². The summed E-state index contributed by atoms with van der Waals surface area (Å²) in [4.78, 5) is 8.87. The van der Waals surface area contributed by atoms with Gasteiger partial charge < -0.3 is 14.8 Å². The highest BCUT2D eigenvalue weighted by Gasteiger charge is 2.12. The topological polar surface area (TPSA) is 56.3 Å². The lowest BCUT2D eigenvalue weighted by molar-refractivity contribution is 0.210. The quantitative estimate of drug-likeness (QED) is 0.629. The number of halogens is 2. The van der Waals surface area contributed by atoms with Crippen molar-refractivity contribution in [3.8, 4) is 11.6 Å². The monoisotopic (exact) mass is 369 g/mol. The number of nitrogens with zero attached hydrogens (tertiary/aromatic N) is 2. The molecule has 0 amide bonds. The third-order valence-electron chi connectivity index (χ3n) is 2.97. The van der Waals surface area contributed by atoms with Gasteiger partial charge in [0.2, 0.25) is 11.8 Å². The molecule has 0 atom stereocenters. The number of rotatable bonds is 6. The number of hydrogen-bond acceptors (Lipinski definition) is 6. The standard InChI is InChI=1S/C15H13Cl2N3O2S/c1-21-6-5-18-15-19-12-4-7-23-13(12)14(20-15)22-9-2-3-10(16)11(17)8-9/h2-4,7-8H,5-6H2,1H3,(H,18,19,20). The molecule has 2 heterocycles. The molecular weight excluding hydrogens is 357 g/mol. The van der Waals surface area contributed by atoms with Crippen molar-refractivity contribution < 1.29 is 9.47 Å². The minimum Gasteiger partial charge on any atom is -0.437 e. The first kappa shape index (κ1) is 16.3. The van der Waals surface area contributed by atoms with Gasteiger partial charge in [0, 0.05) is 19.7 Å². The number of ether oxygens (including phenoxy) is 2. The largest absolute Gasteiger partial charge is 0.437 e. The number of anilines is 1. The molecule has 8 heteroatoms. The van der Waals surface area contributed by atoms with Crippen LogP contribution >= 0.6 is 34.5 Å². The van der Waals surface area contributed by atoms with E-state index in [0.717, 1.165) is 10.2 Å². The Morgan fingerprint density at radius 3 is 2.83 bits per heavy atom. The van der Waals surface area contributed by atoms with Crippen LogP contribution in [0.2, 0.25) is 10.0 Å². The van der Waals surface area contributed by atoms with E-state index in [9.17, 15) is 0 Å². The average molecular weight is 370 g/mol. The van der Waals surface area contributed by atoms with E-state index in [-0.39, 0.29) is 0 Å². The molecule has 1 aromatic carbocycles. The third kappa shape index (κ3) is 3.84. The van der Waals surface area contributed by atoms with Crippen molar-refractivity contribution in [2.75, 3.05) is 25.6 Å². The Balaban J connectivity index is 1.91. The number of methoxy groups -OCH3 is 1. The maximum absolute atomic E-state index is 6.02. The van der Waals surface area contributed by atoms with Crippen molar-refractivity contribution in [1.29, 1.82) is 0 Å². The van der Waals surface area contributed by atoms with Crippen LogP contribution in [0, 0.1) is 0 Å². The Kier molecular flexibility index (Phi) is 5.17. The van der Waals surface area contributed by atoms with Crippen LogP contribution in [0.25, 0.3) is 10.2 Å². The van der Waals surface area contributed by atoms with Gasteiger partial charge in [0.25, 0.3) is 0 Å². The van der Waals surface area contributed by atoms with Crippen LogP contribution in [0.1, 0.15) is 0 Å². The van der Waals surface area contributed by atoms with E-state index in [1.165, 1.54) is 11.3 Å². The number of aromatic nitrogens is 2. The Labute approximate surface area is 147 Å². The predicted molar refractivity (Wildman–Crippen MR) is 94.3 cm³/mol. The van der Waals surface area contributed by atoms with Gasteiger partial charge >= 0.3 is 0 Å². The van der Waals surface area contributed by atoms with Crippen molar-refractivity contribution in [3.05, 3.63) is 39.7 Å². The highest BCUT2D eigenvalue weighted by Crippen LogP contribution is 2.34. The third-order valence-corrected chi connectivity index (χ3v) is 4.60. The summed E-state index contributed by atoms with van der Waals surface area (Å²) >= 11 is 13.5. The molecule has 5 nitrogen and oxygen atoms in total. The molecule has 0 bridgehead atoms. The van der Waals surface area contributed by atoms with Gasteiger partial charge in [-0.3, -0.25) is 0 Å². The molecule has 0 saturated carbocycles. The SMILES string of the molecule is COCCNc1nc(Oc2ccc(Cl)c(Cl)c2)c2sccc2n1. The van der Waals surface area contributed by atoms with Crippen molar-refractivity contribution in [1.82, 2.24) is 9.97 Å². The fourth-order valence-corrected chi connectivity index (χ4v) is 2.95. The molecule has 120 valence electrons.